The molecule has 0 aromatic heterocycles. The van der Waals surface area contributed by atoms with Crippen molar-refractivity contribution in [1.82, 2.24) is 4.90 Å². The number of rotatable bonds is 6. The molecule has 0 spiro atoms. The minimum atomic E-state index is 0.583. The van der Waals surface area contributed by atoms with Crippen LogP contribution >= 0.6 is 0 Å². The molecule has 0 aliphatic rings. The van der Waals surface area contributed by atoms with Gasteiger partial charge in [-0.25, -0.2) is 0 Å². The molecule has 0 saturated carbocycles. The van der Waals surface area contributed by atoms with Gasteiger partial charge in [-0.15, -0.1) is 0 Å². The summed E-state index contributed by atoms with van der Waals surface area (Å²) in [5.41, 5.74) is 0. The van der Waals surface area contributed by atoms with Crippen molar-refractivity contribution < 1.29 is 4.74 Å². The number of ether oxygens (including phenoxy) is 1. The zero-order valence-corrected chi connectivity index (χ0v) is 8.16. The fourth-order valence-electron chi connectivity index (χ4n) is 0.636. The van der Waals surface area contributed by atoms with Crippen LogP contribution in [-0.2, 0) is 4.74 Å². The van der Waals surface area contributed by atoms with Crippen LogP contribution in [0.5, 0.6) is 0 Å². The fourth-order valence-corrected chi connectivity index (χ4v) is 0.636. The molecule has 0 amide bonds. The second-order valence-corrected chi connectivity index (χ2v) is 3.13. The van der Waals surface area contributed by atoms with Gasteiger partial charge in [-0.2, -0.15) is 0 Å². The molecule has 0 N–H and O–H groups in total. The molecule has 12 heavy (non-hydrogen) atoms. The van der Waals surface area contributed by atoms with Crippen molar-refractivity contribution in [2.75, 3.05) is 20.4 Å². The van der Waals surface area contributed by atoms with Crippen LogP contribution in [0.1, 0.15) is 13.8 Å². The molecule has 0 aromatic carbocycles. The molecule has 70 valence electrons. The van der Waals surface area contributed by atoms with Gasteiger partial charge in [0.1, 0.15) is 6.73 Å². The Balaban J connectivity index is 3.37. The molecule has 0 aliphatic heterocycles. The van der Waals surface area contributed by atoms with Crippen molar-refractivity contribution in [2.24, 2.45) is 10.9 Å². The van der Waals surface area contributed by atoms with E-state index in [9.17, 15) is 0 Å². The maximum absolute atomic E-state index is 5.37. The van der Waals surface area contributed by atoms with E-state index in [-0.39, 0.29) is 0 Å². The van der Waals surface area contributed by atoms with Crippen LogP contribution in [0.3, 0.4) is 0 Å². The maximum atomic E-state index is 5.37. The minimum Gasteiger partial charge on any atom is -0.361 e. The number of hydrogen-bond donors (Lipinski definition) is 0. The minimum absolute atomic E-state index is 0.583. The molecule has 0 saturated heterocycles. The quantitative estimate of drug-likeness (QED) is 0.448. The van der Waals surface area contributed by atoms with E-state index in [1.165, 1.54) is 0 Å². The Bertz CT molecular complexity index is 143. The van der Waals surface area contributed by atoms with Crippen molar-refractivity contribution in [2.45, 2.75) is 13.8 Å². The van der Waals surface area contributed by atoms with Gasteiger partial charge in [-0.1, -0.05) is 13.8 Å². The molecular formula is C9H18N2O. The van der Waals surface area contributed by atoms with Crippen LogP contribution in [0.25, 0.3) is 0 Å². The summed E-state index contributed by atoms with van der Waals surface area (Å²) in [6.07, 6.45) is 3.46. The fraction of sp³-hybridized carbons (Fsp3) is 0.667. The summed E-state index contributed by atoms with van der Waals surface area (Å²) < 4.78 is 5.37. The first-order chi connectivity index (χ1) is 5.66. The second kappa shape index (κ2) is 6.85. The molecule has 3 nitrogen and oxygen atoms in total. The standard InChI is InChI=1S/C9H18N2O/c1-9(2)7-12-8-11(4)6-5-10-3/h5-6,9H,3,7-8H2,1-2,4H3/b6-5-. The molecular weight excluding hydrogens is 152 g/mol. The highest BCUT2D eigenvalue weighted by atomic mass is 16.5. The van der Waals surface area contributed by atoms with Crippen LogP contribution in [0.2, 0.25) is 0 Å². The lowest BCUT2D eigenvalue weighted by Crippen LogP contribution is -2.17. The topological polar surface area (TPSA) is 24.8 Å². The summed E-state index contributed by atoms with van der Waals surface area (Å²) in [5, 5.41) is 0. The van der Waals surface area contributed by atoms with Gasteiger partial charge in [0.05, 0.1) is 6.61 Å². The molecule has 0 bridgehead atoms. The van der Waals surface area contributed by atoms with E-state index in [0.29, 0.717) is 12.6 Å². The van der Waals surface area contributed by atoms with E-state index in [1.807, 2.05) is 18.1 Å². The SMILES string of the molecule is C=N/C=C\N(C)COCC(C)C. The average Bonchev–Trinajstić information content (AvgIpc) is 2.00. The Hall–Kier alpha value is -0.830. The van der Waals surface area contributed by atoms with Crippen LogP contribution in [0, 0.1) is 5.92 Å². The van der Waals surface area contributed by atoms with Crippen molar-refractivity contribution in [1.29, 1.82) is 0 Å². The first-order valence-electron chi connectivity index (χ1n) is 4.07. The van der Waals surface area contributed by atoms with E-state index in [1.54, 1.807) is 6.20 Å². The lowest BCUT2D eigenvalue weighted by atomic mass is 10.2. The Kier molecular flexibility index (Phi) is 6.38. The smallest absolute Gasteiger partial charge is 0.118 e. The summed E-state index contributed by atoms with van der Waals surface area (Å²) >= 11 is 0. The molecule has 0 radical (unpaired) electrons. The lowest BCUT2D eigenvalue weighted by Gasteiger charge is -2.14. The highest BCUT2D eigenvalue weighted by Gasteiger charge is 1.94. The van der Waals surface area contributed by atoms with E-state index >= 15 is 0 Å². The normalized spacial score (nSPS) is 11.0. The first-order valence-corrected chi connectivity index (χ1v) is 4.07. The third-order valence-electron chi connectivity index (χ3n) is 1.17. The van der Waals surface area contributed by atoms with E-state index in [2.05, 4.69) is 25.6 Å². The van der Waals surface area contributed by atoms with Gasteiger partial charge in [0.15, 0.2) is 0 Å². The Morgan fingerprint density at radius 1 is 1.58 bits per heavy atom. The third-order valence-corrected chi connectivity index (χ3v) is 1.17. The molecule has 3 heteroatoms. The van der Waals surface area contributed by atoms with Crippen LogP contribution in [0.15, 0.2) is 17.4 Å². The predicted octanol–water partition coefficient (Wildman–Crippen LogP) is 1.72. The first kappa shape index (κ1) is 11.2. The van der Waals surface area contributed by atoms with Gasteiger partial charge in [-0.3, -0.25) is 4.99 Å². The Labute approximate surface area is 74.7 Å². The number of nitrogens with zero attached hydrogens (tertiary/aromatic N) is 2. The van der Waals surface area contributed by atoms with Crippen LogP contribution in [-0.4, -0.2) is 32.0 Å². The maximum Gasteiger partial charge on any atom is 0.118 e. The van der Waals surface area contributed by atoms with E-state index in [0.717, 1.165) is 6.61 Å². The monoisotopic (exact) mass is 170 g/mol. The molecule has 0 aliphatic carbocycles. The summed E-state index contributed by atoms with van der Waals surface area (Å²) in [4.78, 5) is 5.50. The van der Waals surface area contributed by atoms with E-state index in [4.69, 9.17) is 4.74 Å². The molecule has 0 heterocycles. The highest BCUT2D eigenvalue weighted by molar-refractivity contribution is 5.25. The zero-order chi connectivity index (χ0) is 9.40. The predicted molar refractivity (Wildman–Crippen MR) is 52.1 cm³/mol. The van der Waals surface area contributed by atoms with Crippen LogP contribution < -0.4 is 0 Å². The van der Waals surface area contributed by atoms with Gasteiger partial charge >= 0.3 is 0 Å². The average molecular weight is 170 g/mol. The van der Waals surface area contributed by atoms with Crippen molar-refractivity contribution in [3.05, 3.63) is 12.4 Å². The summed E-state index contributed by atoms with van der Waals surface area (Å²) in [5.74, 6) is 0.583. The van der Waals surface area contributed by atoms with Gasteiger partial charge < -0.3 is 9.64 Å². The summed E-state index contributed by atoms with van der Waals surface area (Å²) in [7, 11) is 1.93. The number of hydrogen-bond acceptors (Lipinski definition) is 3. The summed E-state index contributed by atoms with van der Waals surface area (Å²) in [6.45, 7) is 8.98. The molecule has 0 aromatic rings. The number of aliphatic imine (C=N–C) groups is 1. The van der Waals surface area contributed by atoms with Gasteiger partial charge in [0, 0.05) is 19.4 Å². The third kappa shape index (κ3) is 7.28. The van der Waals surface area contributed by atoms with Gasteiger partial charge in [0.2, 0.25) is 0 Å². The zero-order valence-electron chi connectivity index (χ0n) is 8.16. The largest absolute Gasteiger partial charge is 0.361 e. The van der Waals surface area contributed by atoms with E-state index < -0.39 is 0 Å². The highest BCUT2D eigenvalue weighted by Crippen LogP contribution is 1.93. The Morgan fingerprint density at radius 3 is 2.75 bits per heavy atom. The molecule has 0 unspecified atom stereocenters. The molecule has 0 fully saturated rings. The van der Waals surface area contributed by atoms with Crippen molar-refractivity contribution in [3.63, 3.8) is 0 Å². The lowest BCUT2D eigenvalue weighted by molar-refractivity contribution is 0.0494. The van der Waals surface area contributed by atoms with Crippen molar-refractivity contribution in [3.8, 4) is 0 Å². The van der Waals surface area contributed by atoms with Crippen molar-refractivity contribution >= 4 is 6.72 Å². The molecule has 0 rings (SSSR count). The second-order valence-electron chi connectivity index (χ2n) is 3.13. The summed E-state index contributed by atoms with van der Waals surface area (Å²) in [6, 6.07) is 0. The van der Waals surface area contributed by atoms with Gasteiger partial charge in [0.25, 0.3) is 0 Å². The van der Waals surface area contributed by atoms with Gasteiger partial charge in [-0.05, 0) is 12.6 Å². The Morgan fingerprint density at radius 2 is 2.25 bits per heavy atom. The van der Waals surface area contributed by atoms with Crippen LogP contribution in [0.4, 0.5) is 0 Å². The molecule has 0 atom stereocenters.